The predicted octanol–water partition coefficient (Wildman–Crippen LogP) is 1.41. The Hall–Kier alpha value is -1.88. The third-order valence-corrected chi connectivity index (χ3v) is 1.36. The summed E-state index contributed by atoms with van der Waals surface area (Å²) in [5, 5.41) is 17.0. The molecule has 0 bridgehead atoms. The van der Waals surface area contributed by atoms with Gasteiger partial charge in [-0.05, 0) is 18.2 Å². The first-order chi connectivity index (χ1) is 7.61. The van der Waals surface area contributed by atoms with Crippen molar-refractivity contribution in [2.24, 2.45) is 0 Å². The van der Waals surface area contributed by atoms with Gasteiger partial charge in [0.2, 0.25) is 0 Å². The molecule has 1 aromatic rings. The second-order valence-corrected chi connectivity index (χ2v) is 4.87. The topological polar surface area (TPSA) is 74.6 Å². The number of quaternary nitrogens is 1. The molecule has 0 unspecified atom stereocenters. The molecule has 94 valence electrons. The summed E-state index contributed by atoms with van der Waals surface area (Å²) in [6, 6.07) is 5.20. The zero-order valence-electron chi connectivity index (χ0n) is 10.5. The number of hydrogen-bond donors (Lipinski definition) is 2. The number of nitrogens with zero attached hydrogens (tertiary/aromatic N) is 1. The number of aromatic carboxylic acids is 2. The predicted molar refractivity (Wildman–Crippen MR) is 64.3 cm³/mol. The van der Waals surface area contributed by atoms with Gasteiger partial charge in [0.15, 0.2) is 0 Å². The molecule has 0 saturated heterocycles. The summed E-state index contributed by atoms with van der Waals surface area (Å²) in [6.07, 6.45) is 0. The maximum absolute atomic E-state index is 10.4. The summed E-state index contributed by atoms with van der Waals surface area (Å²) in [7, 11) is 8.50. The summed E-state index contributed by atoms with van der Waals surface area (Å²) in [5.74, 6) is -2.25. The number of carboxylic acid groups (broad SMARTS) is 2. The molecule has 0 aliphatic rings. The van der Waals surface area contributed by atoms with Crippen LogP contribution in [0.2, 0.25) is 0 Å². The van der Waals surface area contributed by atoms with Crippen LogP contribution in [-0.2, 0) is 0 Å². The van der Waals surface area contributed by atoms with Crippen molar-refractivity contribution >= 4 is 11.9 Å². The van der Waals surface area contributed by atoms with Crippen LogP contribution in [0, 0.1) is 0 Å². The quantitative estimate of drug-likeness (QED) is 0.766. The van der Waals surface area contributed by atoms with Gasteiger partial charge in [-0.2, -0.15) is 0 Å². The Morgan fingerprint density at radius 2 is 1.24 bits per heavy atom. The molecule has 0 heterocycles. The van der Waals surface area contributed by atoms with Crippen molar-refractivity contribution in [2.45, 2.75) is 0 Å². The van der Waals surface area contributed by atoms with Crippen molar-refractivity contribution in [1.29, 1.82) is 0 Å². The third kappa shape index (κ3) is 7.98. The van der Waals surface area contributed by atoms with Crippen LogP contribution < -0.4 is 0 Å². The molecule has 2 N–H and O–H groups in total. The van der Waals surface area contributed by atoms with E-state index in [1.165, 1.54) is 18.2 Å². The molecule has 1 rings (SSSR count). The van der Waals surface area contributed by atoms with E-state index in [0.717, 1.165) is 10.5 Å². The molecule has 0 radical (unpaired) electrons. The highest BCUT2D eigenvalue weighted by molar-refractivity contribution is 5.93. The van der Waals surface area contributed by atoms with Crippen molar-refractivity contribution in [3.8, 4) is 0 Å². The molecule has 0 atom stereocenters. The molecular weight excluding hydrogens is 222 g/mol. The van der Waals surface area contributed by atoms with Gasteiger partial charge >= 0.3 is 11.9 Å². The first-order valence-corrected chi connectivity index (χ1v) is 4.97. The molecule has 5 nitrogen and oxygen atoms in total. The Bertz CT molecular complexity index is 372. The Morgan fingerprint density at radius 1 is 0.941 bits per heavy atom. The van der Waals surface area contributed by atoms with Crippen LogP contribution >= 0.6 is 0 Å². The van der Waals surface area contributed by atoms with E-state index in [1.54, 1.807) is 0 Å². The highest BCUT2D eigenvalue weighted by Gasteiger charge is 2.06. The van der Waals surface area contributed by atoms with Crippen LogP contribution in [0.15, 0.2) is 24.3 Å². The average molecular weight is 240 g/mol. The SMILES string of the molecule is C[N+](C)(C)C.O=C(O)c1cccc(C(=O)O)c1. The maximum Gasteiger partial charge on any atom is 0.335 e. The molecular formula is C12H18NO4+. The lowest BCUT2D eigenvalue weighted by Gasteiger charge is -2.14. The zero-order chi connectivity index (χ0) is 13.6. The van der Waals surface area contributed by atoms with Crippen LogP contribution in [0.5, 0.6) is 0 Å². The minimum absolute atomic E-state index is 0.0186. The fourth-order valence-electron chi connectivity index (χ4n) is 0.785. The van der Waals surface area contributed by atoms with Gasteiger partial charge in [0.05, 0.1) is 39.3 Å². The van der Waals surface area contributed by atoms with Crippen molar-refractivity contribution in [3.05, 3.63) is 35.4 Å². The molecule has 0 saturated carbocycles. The lowest BCUT2D eigenvalue weighted by Crippen LogP contribution is -2.27. The van der Waals surface area contributed by atoms with E-state index in [-0.39, 0.29) is 11.1 Å². The minimum atomic E-state index is -1.13. The number of hydrogen-bond acceptors (Lipinski definition) is 2. The number of carboxylic acids is 2. The van der Waals surface area contributed by atoms with E-state index in [1.807, 2.05) is 0 Å². The summed E-state index contributed by atoms with van der Waals surface area (Å²) in [5.41, 5.74) is -0.0372. The Kier molecular flexibility index (Phi) is 5.34. The fourth-order valence-corrected chi connectivity index (χ4v) is 0.785. The van der Waals surface area contributed by atoms with E-state index in [0.29, 0.717) is 0 Å². The Morgan fingerprint density at radius 3 is 1.47 bits per heavy atom. The molecule has 17 heavy (non-hydrogen) atoms. The molecule has 5 heteroatoms. The molecule has 0 aromatic heterocycles. The fraction of sp³-hybridized carbons (Fsp3) is 0.333. The largest absolute Gasteiger partial charge is 0.478 e. The van der Waals surface area contributed by atoms with E-state index in [9.17, 15) is 9.59 Å². The normalized spacial score (nSPS) is 10.1. The highest BCUT2D eigenvalue weighted by atomic mass is 16.4. The molecule has 0 aliphatic heterocycles. The van der Waals surface area contributed by atoms with E-state index >= 15 is 0 Å². The lowest BCUT2D eigenvalue weighted by molar-refractivity contribution is -0.849. The molecule has 1 aromatic carbocycles. The Balaban J connectivity index is 0.000000437. The van der Waals surface area contributed by atoms with Gasteiger partial charge in [-0.15, -0.1) is 0 Å². The second kappa shape index (κ2) is 6.00. The van der Waals surface area contributed by atoms with E-state index in [4.69, 9.17) is 10.2 Å². The summed E-state index contributed by atoms with van der Waals surface area (Å²) >= 11 is 0. The van der Waals surface area contributed by atoms with Crippen molar-refractivity contribution in [3.63, 3.8) is 0 Å². The van der Waals surface area contributed by atoms with Crippen molar-refractivity contribution in [2.75, 3.05) is 28.2 Å². The first kappa shape index (κ1) is 15.1. The van der Waals surface area contributed by atoms with Crippen LogP contribution in [0.25, 0.3) is 0 Å². The number of carbonyl (C=O) groups is 2. The first-order valence-electron chi connectivity index (χ1n) is 4.97. The lowest BCUT2D eigenvalue weighted by atomic mass is 10.1. The van der Waals surface area contributed by atoms with E-state index < -0.39 is 11.9 Å². The van der Waals surface area contributed by atoms with Crippen LogP contribution in [0.3, 0.4) is 0 Å². The average Bonchev–Trinajstić information content (AvgIpc) is 2.15. The molecule has 0 fully saturated rings. The molecule has 0 spiro atoms. The van der Waals surface area contributed by atoms with Gasteiger partial charge in [0.25, 0.3) is 0 Å². The van der Waals surface area contributed by atoms with Crippen LogP contribution in [0.4, 0.5) is 0 Å². The summed E-state index contributed by atoms with van der Waals surface area (Å²) in [6.45, 7) is 0. The van der Waals surface area contributed by atoms with Gasteiger partial charge in [-0.25, -0.2) is 9.59 Å². The van der Waals surface area contributed by atoms with Gasteiger partial charge in [0, 0.05) is 0 Å². The Labute approximate surface area is 101 Å². The molecule has 0 amide bonds. The van der Waals surface area contributed by atoms with Crippen molar-refractivity contribution < 1.29 is 24.3 Å². The van der Waals surface area contributed by atoms with Gasteiger partial charge in [0.1, 0.15) is 0 Å². The van der Waals surface area contributed by atoms with Gasteiger partial charge in [-0.3, -0.25) is 0 Å². The van der Waals surface area contributed by atoms with E-state index in [2.05, 4.69) is 28.2 Å². The summed E-state index contributed by atoms with van der Waals surface area (Å²) < 4.78 is 1.00. The van der Waals surface area contributed by atoms with Crippen LogP contribution in [-0.4, -0.2) is 54.8 Å². The maximum atomic E-state index is 10.4. The number of benzene rings is 1. The minimum Gasteiger partial charge on any atom is -0.478 e. The van der Waals surface area contributed by atoms with Gasteiger partial charge < -0.3 is 14.7 Å². The van der Waals surface area contributed by atoms with Crippen molar-refractivity contribution in [1.82, 2.24) is 0 Å². The van der Waals surface area contributed by atoms with Gasteiger partial charge in [-0.1, -0.05) is 6.07 Å². The smallest absolute Gasteiger partial charge is 0.335 e. The zero-order valence-corrected chi connectivity index (χ0v) is 10.5. The number of rotatable bonds is 2. The molecule has 0 aliphatic carbocycles. The highest BCUT2D eigenvalue weighted by Crippen LogP contribution is 2.04. The third-order valence-electron chi connectivity index (χ3n) is 1.36. The standard InChI is InChI=1S/C8H6O4.C4H12N/c9-7(10)5-2-1-3-6(4-5)8(11)12;1-5(2,3)4/h1-4H,(H,9,10)(H,11,12);1-4H3/q;+1. The summed E-state index contributed by atoms with van der Waals surface area (Å²) in [4.78, 5) is 20.8. The van der Waals surface area contributed by atoms with Crippen LogP contribution in [0.1, 0.15) is 20.7 Å². The monoisotopic (exact) mass is 240 g/mol. The second-order valence-electron chi connectivity index (χ2n) is 4.87.